The van der Waals surface area contributed by atoms with Gasteiger partial charge in [0.15, 0.2) is 0 Å². The summed E-state index contributed by atoms with van der Waals surface area (Å²) in [5, 5.41) is 0. The lowest BCUT2D eigenvalue weighted by atomic mass is 9.96. The van der Waals surface area contributed by atoms with Crippen molar-refractivity contribution in [3.8, 4) is 11.8 Å². The molecule has 0 bridgehead atoms. The summed E-state index contributed by atoms with van der Waals surface area (Å²) in [7, 11) is 0. The first-order valence-corrected chi connectivity index (χ1v) is 7.33. The molecule has 0 N–H and O–H groups in total. The summed E-state index contributed by atoms with van der Waals surface area (Å²) in [6, 6.07) is 18.3. The van der Waals surface area contributed by atoms with E-state index in [9.17, 15) is 0 Å². The van der Waals surface area contributed by atoms with E-state index in [-0.39, 0.29) is 11.7 Å². The zero-order valence-electron chi connectivity index (χ0n) is 13.2. The van der Waals surface area contributed by atoms with Gasteiger partial charge in [0.25, 0.3) is 0 Å². The molecule has 0 spiro atoms. The normalized spacial score (nSPS) is 11.1. The third-order valence-electron chi connectivity index (χ3n) is 3.24. The van der Waals surface area contributed by atoms with Gasteiger partial charge in [-0.2, -0.15) is 0 Å². The molecular weight excluding hydrogens is 256 g/mol. The van der Waals surface area contributed by atoms with Gasteiger partial charge in [-0.15, -0.1) is 0 Å². The Morgan fingerprint density at radius 1 is 0.810 bits per heavy atom. The van der Waals surface area contributed by atoms with E-state index < -0.39 is 0 Å². The molecule has 0 unspecified atom stereocenters. The van der Waals surface area contributed by atoms with E-state index in [1.807, 2.05) is 30.3 Å². The van der Waals surface area contributed by atoms with Crippen molar-refractivity contribution in [1.29, 1.82) is 0 Å². The van der Waals surface area contributed by atoms with E-state index in [4.69, 9.17) is 4.74 Å². The van der Waals surface area contributed by atoms with Crippen molar-refractivity contribution < 1.29 is 4.74 Å². The predicted molar refractivity (Wildman–Crippen MR) is 88.1 cm³/mol. The molecule has 0 fully saturated rings. The molecule has 0 saturated heterocycles. The van der Waals surface area contributed by atoms with Crippen LogP contribution in [-0.2, 0) is 10.3 Å². The van der Waals surface area contributed by atoms with Crippen molar-refractivity contribution in [2.75, 3.05) is 0 Å². The number of rotatable bonds is 3. The Morgan fingerprint density at radius 3 is 1.86 bits per heavy atom. The molecular formula is C20H22O. The number of benzene rings is 2. The first kappa shape index (κ1) is 15.4. The minimum Gasteiger partial charge on any atom is -0.368 e. The molecule has 0 aliphatic heterocycles. The van der Waals surface area contributed by atoms with Crippen molar-refractivity contribution in [3.05, 3.63) is 71.3 Å². The van der Waals surface area contributed by atoms with Gasteiger partial charge in [0.05, 0.1) is 11.7 Å². The lowest BCUT2D eigenvalue weighted by Gasteiger charge is -2.28. The highest BCUT2D eigenvalue weighted by Crippen LogP contribution is 2.26. The summed E-state index contributed by atoms with van der Waals surface area (Å²) in [5.41, 5.74) is 2.94. The Bertz CT molecular complexity index is 625. The second-order valence-electron chi connectivity index (χ2n) is 5.87. The largest absolute Gasteiger partial charge is 0.368 e. The van der Waals surface area contributed by atoms with Gasteiger partial charge in [0.2, 0.25) is 0 Å². The molecule has 2 aromatic carbocycles. The van der Waals surface area contributed by atoms with Crippen LogP contribution < -0.4 is 0 Å². The van der Waals surface area contributed by atoms with Crippen LogP contribution in [0.3, 0.4) is 0 Å². The summed E-state index contributed by atoms with van der Waals surface area (Å²) < 4.78 is 5.96. The quantitative estimate of drug-likeness (QED) is 0.736. The fourth-order valence-corrected chi connectivity index (χ4v) is 2.28. The van der Waals surface area contributed by atoms with Gasteiger partial charge >= 0.3 is 0 Å². The number of hydrogen-bond acceptors (Lipinski definition) is 1. The lowest BCUT2D eigenvalue weighted by Crippen LogP contribution is -2.25. The van der Waals surface area contributed by atoms with Crippen molar-refractivity contribution >= 4 is 0 Å². The van der Waals surface area contributed by atoms with Crippen LogP contribution in [0.1, 0.15) is 44.4 Å². The minimum atomic E-state index is -0.278. The average Bonchev–Trinajstić information content (AvgIpc) is 2.45. The van der Waals surface area contributed by atoms with Crippen molar-refractivity contribution in [1.82, 2.24) is 0 Å². The molecule has 1 nitrogen and oxygen atoms in total. The van der Waals surface area contributed by atoms with Crippen molar-refractivity contribution in [2.24, 2.45) is 0 Å². The van der Waals surface area contributed by atoms with E-state index in [0.717, 1.165) is 11.1 Å². The van der Waals surface area contributed by atoms with Crippen LogP contribution in [0.4, 0.5) is 0 Å². The Balaban J connectivity index is 2.15. The molecule has 0 aliphatic rings. The van der Waals surface area contributed by atoms with E-state index in [0.29, 0.717) is 0 Å². The lowest BCUT2D eigenvalue weighted by molar-refractivity contribution is -0.0600. The van der Waals surface area contributed by atoms with E-state index >= 15 is 0 Å². The maximum atomic E-state index is 5.96. The highest BCUT2D eigenvalue weighted by Gasteiger charge is 2.22. The zero-order chi connectivity index (χ0) is 15.3. The van der Waals surface area contributed by atoms with Crippen LogP contribution in [0.25, 0.3) is 0 Å². The van der Waals surface area contributed by atoms with Crippen molar-refractivity contribution in [3.63, 3.8) is 0 Å². The topological polar surface area (TPSA) is 9.23 Å². The molecule has 0 heterocycles. The summed E-state index contributed by atoms with van der Waals surface area (Å²) in [6.45, 7) is 8.30. The fraction of sp³-hybridized carbons (Fsp3) is 0.300. The van der Waals surface area contributed by atoms with Gasteiger partial charge in [-0.3, -0.25) is 0 Å². The Hall–Kier alpha value is -2.04. The standard InChI is InChI=1S/C20H22O/c1-16(2)21-20(3,4)19-14-12-18(13-15-19)11-10-17-8-6-5-7-9-17/h5-9,12-16H,1-4H3. The van der Waals surface area contributed by atoms with Gasteiger partial charge in [0.1, 0.15) is 0 Å². The third kappa shape index (κ3) is 4.48. The third-order valence-corrected chi connectivity index (χ3v) is 3.24. The van der Waals surface area contributed by atoms with Gasteiger partial charge < -0.3 is 4.74 Å². The van der Waals surface area contributed by atoms with Gasteiger partial charge in [-0.25, -0.2) is 0 Å². The highest BCUT2D eigenvalue weighted by atomic mass is 16.5. The summed E-state index contributed by atoms with van der Waals surface area (Å²) in [6.07, 6.45) is 0.206. The number of hydrogen-bond donors (Lipinski definition) is 0. The van der Waals surface area contributed by atoms with Gasteiger partial charge in [-0.05, 0) is 57.5 Å². The van der Waals surface area contributed by atoms with Gasteiger partial charge in [-0.1, -0.05) is 42.2 Å². The van der Waals surface area contributed by atoms with Crippen LogP contribution in [0.15, 0.2) is 54.6 Å². The Labute approximate surface area is 128 Å². The molecule has 2 aromatic rings. The summed E-state index contributed by atoms with van der Waals surface area (Å²) in [5.74, 6) is 6.36. The van der Waals surface area contributed by atoms with Crippen molar-refractivity contribution in [2.45, 2.75) is 39.4 Å². The maximum Gasteiger partial charge on any atom is 0.0878 e. The monoisotopic (exact) mass is 278 g/mol. The predicted octanol–water partition coefficient (Wildman–Crippen LogP) is 4.75. The molecule has 0 aliphatic carbocycles. The number of ether oxygens (including phenoxy) is 1. The smallest absolute Gasteiger partial charge is 0.0878 e. The molecule has 108 valence electrons. The maximum absolute atomic E-state index is 5.96. The zero-order valence-corrected chi connectivity index (χ0v) is 13.2. The van der Waals surface area contributed by atoms with Crippen LogP contribution in [-0.4, -0.2) is 6.10 Å². The van der Waals surface area contributed by atoms with Crippen LogP contribution >= 0.6 is 0 Å². The van der Waals surface area contributed by atoms with Crippen LogP contribution in [0.2, 0.25) is 0 Å². The SMILES string of the molecule is CC(C)OC(C)(C)c1ccc(C#Cc2ccccc2)cc1. The molecule has 0 atom stereocenters. The highest BCUT2D eigenvalue weighted by molar-refractivity contribution is 5.43. The molecule has 0 radical (unpaired) electrons. The minimum absolute atomic E-state index is 0.206. The Kier molecular flexibility index (Phi) is 4.83. The molecule has 0 aromatic heterocycles. The van der Waals surface area contributed by atoms with Crippen LogP contribution in [0.5, 0.6) is 0 Å². The first-order valence-electron chi connectivity index (χ1n) is 7.33. The molecule has 0 amide bonds. The van der Waals surface area contributed by atoms with Crippen LogP contribution in [0, 0.1) is 11.8 Å². The second kappa shape index (κ2) is 6.61. The second-order valence-corrected chi connectivity index (χ2v) is 5.87. The first-order chi connectivity index (χ1) is 9.97. The van der Waals surface area contributed by atoms with E-state index in [2.05, 4.69) is 63.8 Å². The summed E-state index contributed by atoms with van der Waals surface area (Å²) >= 11 is 0. The molecule has 2 rings (SSSR count). The summed E-state index contributed by atoms with van der Waals surface area (Å²) in [4.78, 5) is 0. The van der Waals surface area contributed by atoms with Gasteiger partial charge in [0, 0.05) is 11.1 Å². The fourth-order valence-electron chi connectivity index (χ4n) is 2.28. The average molecular weight is 278 g/mol. The molecule has 21 heavy (non-hydrogen) atoms. The van der Waals surface area contributed by atoms with E-state index in [1.165, 1.54) is 5.56 Å². The molecule has 0 saturated carbocycles. The Morgan fingerprint density at radius 2 is 1.33 bits per heavy atom. The van der Waals surface area contributed by atoms with E-state index in [1.54, 1.807) is 0 Å². The molecule has 1 heteroatoms.